The number of rotatable bonds is 5. The van der Waals surface area contributed by atoms with Gasteiger partial charge in [0.1, 0.15) is 137 Å². The van der Waals surface area contributed by atoms with Crippen molar-refractivity contribution in [3.05, 3.63) is 103 Å². The van der Waals surface area contributed by atoms with E-state index in [0.29, 0.717) is 5.75 Å². The highest BCUT2D eigenvalue weighted by Crippen LogP contribution is 2.44. The van der Waals surface area contributed by atoms with E-state index in [4.69, 9.17) is 0 Å². The van der Waals surface area contributed by atoms with E-state index in [1.54, 1.807) is 0 Å². The van der Waals surface area contributed by atoms with Crippen LogP contribution in [-0.2, 0) is 0 Å². The van der Waals surface area contributed by atoms with E-state index in [-0.39, 0.29) is 5.75 Å². The Labute approximate surface area is 453 Å². The molecule has 5 nitrogen and oxygen atoms in total. The number of aromatic nitrogens is 3. The van der Waals surface area contributed by atoms with Crippen molar-refractivity contribution in [1.29, 1.82) is 0 Å². The SMILES string of the molecule is Bc1ccc(-c2cccc(-n3c4c(B)c(B)c(-c5c(B)c(O)c6c(c5B)c5cc(B)c(B)c(B)c5n6-c5ccc(B)cc5)c(B)c4c4c(B)c(O)c5c(c6c(B)c(B)c(B)c(B)c6n5-c5ccc(B)cc5)c43)c2)cc1. The lowest BCUT2D eigenvalue weighted by molar-refractivity contribution is 0.484. The topological polar surface area (TPSA) is 55.2 Å². The van der Waals surface area contributed by atoms with Crippen molar-refractivity contribution in [2.45, 2.75) is 0 Å². The number of hydrogen-bond donors (Lipinski definition) is 2. The average molecular weight is 947 g/mol. The van der Waals surface area contributed by atoms with Gasteiger partial charge in [0.25, 0.3) is 0 Å². The summed E-state index contributed by atoms with van der Waals surface area (Å²) in [6, 6.07) is 37.6. The van der Waals surface area contributed by atoms with Gasteiger partial charge >= 0.3 is 0 Å². The van der Waals surface area contributed by atoms with E-state index in [2.05, 4.69) is 242 Å². The third-order valence-corrected chi connectivity index (χ3v) is 18.1. The fraction of sp³-hybridized carbons (Fsp3) is 0. The summed E-state index contributed by atoms with van der Waals surface area (Å²) in [6.07, 6.45) is 0. The maximum atomic E-state index is 13.3. The third kappa shape index (κ3) is 6.74. The maximum Gasteiger partial charge on any atom is 0.145 e. The number of fused-ring (bicyclic) bond motifs is 10. The van der Waals surface area contributed by atoms with Gasteiger partial charge in [0.15, 0.2) is 0 Å². The lowest BCUT2D eigenvalue weighted by atomic mass is 9.64. The Morgan fingerprint density at radius 2 is 0.720 bits per heavy atom. The molecule has 0 radical (unpaired) electrons. The molecule has 342 valence electrons. The number of benzene rings is 9. The van der Waals surface area contributed by atoms with E-state index in [9.17, 15) is 10.2 Å². The number of aromatic hydroxyl groups is 2. The molecule has 9 aromatic carbocycles. The van der Waals surface area contributed by atoms with Gasteiger partial charge in [0.05, 0.1) is 16.6 Å². The molecule has 0 aliphatic heterocycles. The van der Waals surface area contributed by atoms with Crippen LogP contribution < -0.4 is 87.4 Å². The van der Waals surface area contributed by atoms with Gasteiger partial charge in [0.2, 0.25) is 0 Å². The molecule has 3 heterocycles. The van der Waals surface area contributed by atoms with Gasteiger partial charge in [-0.15, -0.1) is 5.46 Å². The smallest absolute Gasteiger partial charge is 0.145 e. The van der Waals surface area contributed by atoms with Crippen LogP contribution in [0.25, 0.3) is 105 Å². The molecular formula is C54H51B16N3O2. The number of phenols is 2. The monoisotopic (exact) mass is 950 g/mol. The second-order valence-corrected chi connectivity index (χ2v) is 22.2. The number of hydrogen-bond acceptors (Lipinski definition) is 2. The van der Waals surface area contributed by atoms with Crippen molar-refractivity contribution in [1.82, 2.24) is 13.7 Å². The van der Waals surface area contributed by atoms with Gasteiger partial charge < -0.3 is 23.9 Å². The molecule has 0 aliphatic carbocycles. The summed E-state index contributed by atoms with van der Waals surface area (Å²) < 4.78 is 7.17. The molecule has 3 aromatic heterocycles. The minimum Gasteiger partial charge on any atom is -0.506 e. The predicted molar refractivity (Wildman–Crippen MR) is 375 cm³/mol. The molecule has 0 saturated carbocycles. The van der Waals surface area contributed by atoms with Crippen LogP contribution in [0.1, 0.15) is 0 Å². The summed E-state index contributed by atoms with van der Waals surface area (Å²) in [5.74, 6) is 0.575. The van der Waals surface area contributed by atoms with Crippen LogP contribution in [-0.4, -0.2) is 149 Å². The molecule has 0 unspecified atom stereocenters. The zero-order valence-corrected chi connectivity index (χ0v) is 46.6. The maximum absolute atomic E-state index is 13.3. The highest BCUT2D eigenvalue weighted by molar-refractivity contribution is 6.69. The summed E-state index contributed by atoms with van der Waals surface area (Å²) in [4.78, 5) is 0. The minimum atomic E-state index is 0.284. The quantitative estimate of drug-likeness (QED) is 0.169. The Hall–Kier alpha value is -6.98. The first kappa shape index (κ1) is 48.9. The molecule has 12 rings (SSSR count). The van der Waals surface area contributed by atoms with Crippen molar-refractivity contribution < 1.29 is 10.2 Å². The molecule has 2 N–H and O–H groups in total. The summed E-state index contributed by atoms with van der Waals surface area (Å²) in [5.41, 5.74) is 32.1. The second kappa shape index (κ2) is 17.3. The molecule has 0 atom stereocenters. The number of nitrogens with zero attached hydrogens (tertiary/aromatic N) is 3. The zero-order chi connectivity index (χ0) is 53.1. The van der Waals surface area contributed by atoms with Crippen molar-refractivity contribution in [2.24, 2.45) is 0 Å². The molecule has 0 fully saturated rings. The largest absolute Gasteiger partial charge is 0.506 e. The van der Waals surface area contributed by atoms with Gasteiger partial charge in [-0.3, -0.25) is 0 Å². The van der Waals surface area contributed by atoms with Gasteiger partial charge in [0, 0.05) is 65.9 Å². The van der Waals surface area contributed by atoms with Gasteiger partial charge in [-0.2, -0.15) is 0 Å². The fourth-order valence-electron chi connectivity index (χ4n) is 13.3. The van der Waals surface area contributed by atoms with Crippen LogP contribution in [0.5, 0.6) is 11.5 Å². The summed E-state index contributed by atoms with van der Waals surface area (Å²) >= 11 is 0. The standard InChI is InChI=1S/C54H51B16N3O2/c55-20-6-4-18(5-7-20)19-2-1-3-25(16-19)73-48-32(41(65)54(75)52-34(48)33-39(63)42(66)43(67)46(70)50(33)72(52)24-14-10-22(57)11-15-24)31-37(61)29(38(62)45(69)49(31)73)30-36(60)28-26-17-27(58)35(59)44(68)47(26)71(51(28)53(74)40(30)64)23-12-8-21(56)9-13-23/h1-17,74-75H,55-70H2. The Balaban J connectivity index is 1.30. The lowest BCUT2D eigenvalue weighted by Gasteiger charge is -2.23. The molecular weight excluding hydrogens is 896 g/mol. The minimum absolute atomic E-state index is 0.284. The first-order valence-corrected chi connectivity index (χ1v) is 26.6. The van der Waals surface area contributed by atoms with Crippen molar-refractivity contribution in [3.63, 3.8) is 0 Å². The predicted octanol–water partition coefficient (Wildman–Crippen LogP) is -14.1. The molecule has 0 saturated heterocycles. The summed E-state index contributed by atoms with van der Waals surface area (Å²) in [7, 11) is 35.4. The van der Waals surface area contributed by atoms with Crippen LogP contribution in [0.4, 0.5) is 0 Å². The summed E-state index contributed by atoms with van der Waals surface area (Å²) in [6.45, 7) is 0. The first-order valence-electron chi connectivity index (χ1n) is 26.6. The Bertz CT molecular complexity index is 4550. The molecule has 0 aliphatic rings. The summed E-state index contributed by atoms with van der Waals surface area (Å²) in [5, 5.41) is 32.9. The third-order valence-electron chi connectivity index (χ3n) is 18.1. The van der Waals surface area contributed by atoms with Crippen LogP contribution in [0.15, 0.2) is 103 Å². The Morgan fingerprint density at radius 1 is 0.280 bits per heavy atom. The Morgan fingerprint density at radius 3 is 1.32 bits per heavy atom. The van der Waals surface area contributed by atoms with E-state index in [0.717, 1.165) is 138 Å². The highest BCUT2D eigenvalue weighted by Gasteiger charge is 2.32. The van der Waals surface area contributed by atoms with E-state index >= 15 is 0 Å². The normalized spacial score (nSPS) is 11.9. The fourth-order valence-corrected chi connectivity index (χ4v) is 13.3. The molecule has 21 heteroatoms. The second-order valence-electron chi connectivity index (χ2n) is 22.2. The molecule has 0 bridgehead atoms. The molecule has 12 aromatic rings. The van der Waals surface area contributed by atoms with E-state index in [1.165, 1.54) is 54.6 Å². The van der Waals surface area contributed by atoms with Crippen LogP contribution in [0.3, 0.4) is 0 Å². The van der Waals surface area contributed by atoms with E-state index in [1.807, 2.05) is 0 Å². The highest BCUT2D eigenvalue weighted by atomic mass is 16.3. The van der Waals surface area contributed by atoms with Gasteiger partial charge in [-0.25, -0.2) is 0 Å². The molecule has 0 spiro atoms. The lowest BCUT2D eigenvalue weighted by Crippen LogP contribution is -2.48. The molecule has 0 amide bonds. The first-order chi connectivity index (χ1) is 35.7. The Kier molecular flexibility index (Phi) is 11.3. The number of phenolic OH excluding ortho intramolecular Hbond substituents is 2. The van der Waals surface area contributed by atoms with Crippen LogP contribution >= 0.6 is 0 Å². The van der Waals surface area contributed by atoms with Crippen molar-refractivity contribution in [2.75, 3.05) is 0 Å². The van der Waals surface area contributed by atoms with E-state index < -0.39 is 0 Å². The van der Waals surface area contributed by atoms with Crippen LogP contribution in [0, 0.1) is 0 Å². The van der Waals surface area contributed by atoms with Gasteiger partial charge in [-0.1, -0.05) is 138 Å². The van der Waals surface area contributed by atoms with Crippen molar-refractivity contribution in [3.8, 4) is 50.8 Å². The van der Waals surface area contributed by atoms with Crippen molar-refractivity contribution >= 4 is 278 Å². The zero-order valence-electron chi connectivity index (χ0n) is 46.6. The van der Waals surface area contributed by atoms with Gasteiger partial charge in [-0.05, 0) is 69.6 Å². The van der Waals surface area contributed by atoms with Crippen LogP contribution in [0.2, 0.25) is 0 Å². The average Bonchev–Trinajstić information content (AvgIpc) is 4.14. The molecule has 75 heavy (non-hydrogen) atoms.